The molecule has 1 fully saturated rings. The molecule has 1 aliphatic carbocycles. The third-order valence-corrected chi connectivity index (χ3v) is 3.30. The lowest BCUT2D eigenvalue weighted by atomic mass is 9.95. The lowest BCUT2D eigenvalue weighted by Gasteiger charge is -2.18. The molecule has 0 unspecified atom stereocenters. The topological polar surface area (TPSA) is 86.6 Å². The lowest BCUT2D eigenvalue weighted by Crippen LogP contribution is -2.47. The lowest BCUT2D eigenvalue weighted by molar-refractivity contribution is -0.143. The summed E-state index contributed by atoms with van der Waals surface area (Å²) in [7, 11) is 0. The summed E-state index contributed by atoms with van der Waals surface area (Å²) < 4.78 is 0. The molecule has 0 saturated heterocycles. The maximum atomic E-state index is 12.1. The molecule has 0 aromatic heterocycles. The largest absolute Gasteiger partial charge is 0.480 e. The van der Waals surface area contributed by atoms with Gasteiger partial charge in [-0.15, -0.1) is 0 Å². The number of hydrogen-bond donors (Lipinski definition) is 3. The van der Waals surface area contributed by atoms with Gasteiger partial charge >= 0.3 is 5.97 Å². The van der Waals surface area contributed by atoms with Gasteiger partial charge in [0.2, 0.25) is 5.91 Å². The minimum Gasteiger partial charge on any atom is -0.480 e. The van der Waals surface area contributed by atoms with Crippen LogP contribution in [0.2, 0.25) is 0 Å². The number of carboxylic acids is 1. The van der Waals surface area contributed by atoms with Crippen LogP contribution in [-0.2, 0) is 15.0 Å². The van der Waals surface area contributed by atoms with Crippen molar-refractivity contribution in [1.29, 1.82) is 0 Å². The van der Waals surface area contributed by atoms with Gasteiger partial charge in [-0.1, -0.05) is 30.3 Å². The molecule has 0 heterocycles. The fourth-order valence-electron chi connectivity index (χ4n) is 2.01. The molecule has 1 aliphatic rings. The Morgan fingerprint density at radius 2 is 1.89 bits per heavy atom. The van der Waals surface area contributed by atoms with E-state index in [0.29, 0.717) is 12.8 Å². The molecule has 5 nitrogen and oxygen atoms in total. The van der Waals surface area contributed by atoms with E-state index in [4.69, 9.17) is 10.2 Å². The van der Waals surface area contributed by atoms with E-state index in [-0.39, 0.29) is 5.91 Å². The summed E-state index contributed by atoms with van der Waals surface area (Å²) in [6, 6.07) is 8.06. The third-order valence-electron chi connectivity index (χ3n) is 3.30. The fourth-order valence-corrected chi connectivity index (χ4v) is 2.01. The van der Waals surface area contributed by atoms with E-state index in [2.05, 4.69) is 5.32 Å². The van der Waals surface area contributed by atoms with Gasteiger partial charge in [-0.05, 0) is 18.4 Å². The Balaban J connectivity index is 2.12. The van der Waals surface area contributed by atoms with Gasteiger partial charge in [0.25, 0.3) is 0 Å². The predicted molar refractivity (Wildman–Crippen MR) is 64.0 cm³/mol. The monoisotopic (exact) mass is 249 g/mol. The molecule has 3 N–H and O–H groups in total. The summed E-state index contributed by atoms with van der Waals surface area (Å²) in [5, 5.41) is 20.1. The molecule has 1 aromatic rings. The molecule has 96 valence electrons. The Kier molecular flexibility index (Phi) is 3.34. The Morgan fingerprint density at radius 3 is 2.33 bits per heavy atom. The number of carboxylic acid groups (broad SMARTS) is 1. The van der Waals surface area contributed by atoms with Crippen LogP contribution >= 0.6 is 0 Å². The Bertz CT molecular complexity index is 453. The molecular formula is C13H15NO4. The van der Waals surface area contributed by atoms with Crippen LogP contribution in [-0.4, -0.2) is 34.7 Å². The number of aliphatic hydroxyl groups excluding tert-OH is 1. The first kappa shape index (κ1) is 12.6. The second kappa shape index (κ2) is 4.78. The van der Waals surface area contributed by atoms with Crippen LogP contribution in [0, 0.1) is 0 Å². The average molecular weight is 249 g/mol. The molecule has 1 amide bonds. The Hall–Kier alpha value is -1.88. The molecule has 0 spiro atoms. The van der Waals surface area contributed by atoms with Gasteiger partial charge in [-0.3, -0.25) is 4.79 Å². The van der Waals surface area contributed by atoms with E-state index in [0.717, 1.165) is 5.56 Å². The van der Waals surface area contributed by atoms with Gasteiger partial charge < -0.3 is 15.5 Å². The fraction of sp³-hybridized carbons (Fsp3) is 0.385. The zero-order valence-electron chi connectivity index (χ0n) is 9.80. The van der Waals surface area contributed by atoms with Crippen molar-refractivity contribution in [3.05, 3.63) is 35.9 Å². The highest BCUT2D eigenvalue weighted by atomic mass is 16.4. The van der Waals surface area contributed by atoms with E-state index in [1.54, 1.807) is 0 Å². The Labute approximate surface area is 104 Å². The molecule has 5 heteroatoms. The first-order valence-corrected chi connectivity index (χ1v) is 5.80. The Morgan fingerprint density at radius 1 is 1.28 bits per heavy atom. The summed E-state index contributed by atoms with van der Waals surface area (Å²) in [5.74, 6) is -1.55. The number of rotatable bonds is 5. The molecule has 1 saturated carbocycles. The molecule has 0 aliphatic heterocycles. The van der Waals surface area contributed by atoms with Crippen LogP contribution in [0.3, 0.4) is 0 Å². The maximum Gasteiger partial charge on any atom is 0.328 e. The van der Waals surface area contributed by atoms with Gasteiger partial charge in [-0.2, -0.15) is 0 Å². The van der Waals surface area contributed by atoms with Crippen molar-refractivity contribution in [2.24, 2.45) is 0 Å². The van der Waals surface area contributed by atoms with Crippen LogP contribution in [0.4, 0.5) is 0 Å². The number of aliphatic hydroxyl groups is 1. The predicted octanol–water partition coefficient (Wildman–Crippen LogP) is 0.280. The van der Waals surface area contributed by atoms with Crippen molar-refractivity contribution < 1.29 is 19.8 Å². The number of aliphatic carboxylic acids is 1. The number of carbonyl (C=O) groups is 2. The zero-order valence-corrected chi connectivity index (χ0v) is 9.80. The third kappa shape index (κ3) is 2.22. The van der Waals surface area contributed by atoms with E-state index in [1.807, 2.05) is 30.3 Å². The summed E-state index contributed by atoms with van der Waals surface area (Å²) >= 11 is 0. The number of nitrogens with one attached hydrogen (secondary N) is 1. The van der Waals surface area contributed by atoms with Crippen molar-refractivity contribution in [2.75, 3.05) is 6.61 Å². The zero-order chi connectivity index (χ0) is 13.2. The van der Waals surface area contributed by atoms with Crippen LogP contribution in [0.15, 0.2) is 30.3 Å². The van der Waals surface area contributed by atoms with Crippen LogP contribution in [0.1, 0.15) is 18.4 Å². The van der Waals surface area contributed by atoms with Gasteiger partial charge in [-0.25, -0.2) is 4.79 Å². The first-order chi connectivity index (χ1) is 8.60. The number of amides is 1. The van der Waals surface area contributed by atoms with Crippen molar-refractivity contribution >= 4 is 11.9 Å². The normalized spacial score (nSPS) is 17.8. The molecule has 1 atom stereocenters. The molecule has 18 heavy (non-hydrogen) atoms. The average Bonchev–Trinajstić information content (AvgIpc) is 3.18. The highest BCUT2D eigenvalue weighted by Gasteiger charge is 2.51. The number of benzene rings is 1. The highest BCUT2D eigenvalue weighted by molar-refractivity contribution is 5.94. The van der Waals surface area contributed by atoms with Crippen LogP contribution in [0.5, 0.6) is 0 Å². The quantitative estimate of drug-likeness (QED) is 0.699. The second-order valence-electron chi connectivity index (χ2n) is 4.49. The van der Waals surface area contributed by atoms with Crippen LogP contribution in [0.25, 0.3) is 0 Å². The maximum absolute atomic E-state index is 12.1. The van der Waals surface area contributed by atoms with Gasteiger partial charge in [0, 0.05) is 0 Å². The first-order valence-electron chi connectivity index (χ1n) is 5.80. The van der Waals surface area contributed by atoms with Gasteiger partial charge in [0.1, 0.15) is 6.04 Å². The summed E-state index contributed by atoms with van der Waals surface area (Å²) in [6.07, 6.45) is 1.42. The standard InChI is InChI=1S/C13H15NO4/c15-8-10(11(16)17)14-12(18)13(6-7-13)9-4-2-1-3-5-9/h1-5,10,15H,6-8H2,(H,14,18)(H,16,17)/t10-/m1/s1. The molecule has 1 aromatic carbocycles. The van der Waals surface area contributed by atoms with Gasteiger partial charge in [0.15, 0.2) is 0 Å². The van der Waals surface area contributed by atoms with Crippen molar-refractivity contribution in [3.8, 4) is 0 Å². The minimum atomic E-state index is -1.24. The molecule has 0 bridgehead atoms. The van der Waals surface area contributed by atoms with E-state index < -0.39 is 24.0 Å². The highest BCUT2D eigenvalue weighted by Crippen LogP contribution is 2.48. The number of hydrogen-bond acceptors (Lipinski definition) is 3. The SMILES string of the molecule is O=C(O)[C@@H](CO)NC(=O)C1(c2ccccc2)CC1. The molecule has 0 radical (unpaired) electrons. The molecule has 2 rings (SSSR count). The van der Waals surface area contributed by atoms with E-state index >= 15 is 0 Å². The van der Waals surface area contributed by atoms with Crippen LogP contribution < -0.4 is 5.32 Å². The number of carbonyl (C=O) groups excluding carboxylic acids is 1. The van der Waals surface area contributed by atoms with Crippen molar-refractivity contribution in [2.45, 2.75) is 24.3 Å². The van der Waals surface area contributed by atoms with Crippen molar-refractivity contribution in [1.82, 2.24) is 5.32 Å². The van der Waals surface area contributed by atoms with E-state index in [1.165, 1.54) is 0 Å². The smallest absolute Gasteiger partial charge is 0.328 e. The minimum absolute atomic E-state index is 0.324. The van der Waals surface area contributed by atoms with Crippen molar-refractivity contribution in [3.63, 3.8) is 0 Å². The van der Waals surface area contributed by atoms with Gasteiger partial charge in [0.05, 0.1) is 12.0 Å². The summed E-state index contributed by atoms with van der Waals surface area (Å²) in [6.45, 7) is -0.605. The summed E-state index contributed by atoms with van der Waals surface area (Å²) in [4.78, 5) is 22.9. The van der Waals surface area contributed by atoms with E-state index in [9.17, 15) is 9.59 Å². The molecular weight excluding hydrogens is 234 g/mol. The summed E-state index contributed by atoms with van der Waals surface area (Å²) in [5.41, 5.74) is 0.286. The second-order valence-corrected chi connectivity index (χ2v) is 4.49.